The van der Waals surface area contributed by atoms with Gasteiger partial charge in [0.25, 0.3) is 0 Å². The number of halogens is 2. The molecular weight excluding hydrogens is 489 g/mol. The van der Waals surface area contributed by atoms with Crippen molar-refractivity contribution in [2.75, 3.05) is 25.1 Å². The summed E-state index contributed by atoms with van der Waals surface area (Å²) in [6.07, 6.45) is 3.67. The Kier molecular flexibility index (Phi) is 6.08. The third kappa shape index (κ3) is 4.14. The third-order valence-corrected chi connectivity index (χ3v) is 5.92. The molecule has 1 aliphatic rings. The molecule has 5 nitrogen and oxygen atoms in total. The van der Waals surface area contributed by atoms with Gasteiger partial charge >= 0.3 is 0 Å². The maximum Gasteiger partial charge on any atom is 0.189 e. The van der Waals surface area contributed by atoms with Crippen molar-refractivity contribution < 1.29 is 4.74 Å². The maximum absolute atomic E-state index is 12.0. The molecule has 0 fully saturated rings. The molecule has 2 heterocycles. The van der Waals surface area contributed by atoms with Crippen LogP contribution in [0.2, 0.25) is 5.02 Å². The zero-order valence-corrected chi connectivity index (χ0v) is 18.2. The van der Waals surface area contributed by atoms with Crippen LogP contribution in [-0.2, 0) is 0 Å². The Morgan fingerprint density at radius 2 is 2.07 bits per heavy atom. The Balaban J connectivity index is 1.35. The van der Waals surface area contributed by atoms with Crippen molar-refractivity contribution in [3.63, 3.8) is 0 Å². The molecule has 0 aliphatic carbocycles. The lowest BCUT2D eigenvalue weighted by Crippen LogP contribution is -2.29. The molecule has 1 aromatic heterocycles. The van der Waals surface area contributed by atoms with Gasteiger partial charge in [0.15, 0.2) is 5.43 Å². The minimum atomic E-state index is 0.0433. The fourth-order valence-electron chi connectivity index (χ4n) is 3.54. The van der Waals surface area contributed by atoms with Gasteiger partial charge in [-0.25, -0.2) is 0 Å². The largest absolute Gasteiger partial charge is 0.492 e. The summed E-state index contributed by atoms with van der Waals surface area (Å²) in [5, 5.41) is 5.09. The lowest BCUT2D eigenvalue weighted by Gasteiger charge is -2.28. The summed E-state index contributed by atoms with van der Waals surface area (Å²) in [6.45, 7) is 2.38. The predicted molar refractivity (Wildman–Crippen MR) is 122 cm³/mol. The Morgan fingerprint density at radius 1 is 1.21 bits per heavy atom. The number of rotatable bonds is 6. The van der Waals surface area contributed by atoms with E-state index in [2.05, 4.69) is 33.3 Å². The van der Waals surface area contributed by atoms with E-state index < -0.39 is 0 Å². The third-order valence-electron chi connectivity index (χ3n) is 4.90. The molecule has 0 saturated carbocycles. The van der Waals surface area contributed by atoms with Crippen LogP contribution >= 0.6 is 34.2 Å². The Hall–Kier alpha value is -1.77. The number of aromatic nitrogens is 1. The summed E-state index contributed by atoms with van der Waals surface area (Å²) in [6, 6.07) is 13.4. The number of fused-ring (bicyclic) bond motifs is 2. The van der Waals surface area contributed by atoms with Crippen molar-refractivity contribution >= 4 is 45.1 Å². The summed E-state index contributed by atoms with van der Waals surface area (Å²) in [4.78, 5) is 12.0. The molecule has 7 heteroatoms. The van der Waals surface area contributed by atoms with E-state index in [4.69, 9.17) is 16.3 Å². The van der Waals surface area contributed by atoms with Gasteiger partial charge in [-0.1, -0.05) is 23.7 Å². The van der Waals surface area contributed by atoms with Crippen LogP contribution in [-0.4, -0.2) is 24.4 Å². The molecule has 28 heavy (non-hydrogen) atoms. The highest BCUT2D eigenvalue weighted by Crippen LogP contribution is 2.37. The van der Waals surface area contributed by atoms with Gasteiger partial charge in [-0.2, -0.15) is 0 Å². The van der Waals surface area contributed by atoms with E-state index in [1.165, 1.54) is 0 Å². The minimum absolute atomic E-state index is 0.0433. The second kappa shape index (κ2) is 8.71. The number of benzene rings is 2. The summed E-state index contributed by atoms with van der Waals surface area (Å²) in [5.41, 5.74) is 5.46. The smallest absolute Gasteiger partial charge is 0.189 e. The molecule has 0 amide bonds. The lowest BCUT2D eigenvalue weighted by molar-refractivity contribution is 0.251. The number of nitrogens with zero attached hydrogens (tertiary/aromatic N) is 1. The highest BCUT2D eigenvalue weighted by molar-refractivity contribution is 14.1. The van der Waals surface area contributed by atoms with Crippen LogP contribution in [0.4, 0.5) is 0 Å². The molecule has 2 aromatic carbocycles. The molecule has 1 atom stereocenters. The first-order valence-corrected chi connectivity index (χ1v) is 10.8. The van der Waals surface area contributed by atoms with Crippen molar-refractivity contribution in [3.8, 4) is 5.75 Å². The standard InChI is InChI=1S/C21H21ClIN3O2/c22-14-12-16-18(7-11-28-21(16)17(23)13-14)24-8-3-9-25-26-10-6-20(27)15-4-1-2-5-19(15)26/h1-2,4-6,10,12-13,18,24-25H,3,7-9,11H2. The summed E-state index contributed by atoms with van der Waals surface area (Å²) >= 11 is 8.51. The Labute approximate surface area is 182 Å². The van der Waals surface area contributed by atoms with Gasteiger partial charge in [0.05, 0.1) is 15.7 Å². The van der Waals surface area contributed by atoms with Crippen molar-refractivity contribution in [3.05, 3.63) is 73.0 Å². The SMILES string of the molecule is O=c1ccn(NCCCNC2CCOc3c(I)cc(Cl)cc32)c2ccccc12. The van der Waals surface area contributed by atoms with Gasteiger partial charge < -0.3 is 15.5 Å². The van der Waals surface area contributed by atoms with Gasteiger partial charge in [-0.05, 0) is 59.8 Å². The van der Waals surface area contributed by atoms with Gasteiger partial charge in [-0.3, -0.25) is 9.47 Å². The molecular formula is C21H21ClIN3O2. The lowest BCUT2D eigenvalue weighted by atomic mass is 10.0. The summed E-state index contributed by atoms with van der Waals surface area (Å²) in [7, 11) is 0. The Morgan fingerprint density at radius 3 is 2.96 bits per heavy atom. The van der Waals surface area contributed by atoms with Crippen molar-refractivity contribution in [1.82, 2.24) is 9.99 Å². The molecule has 0 saturated heterocycles. The van der Waals surface area contributed by atoms with E-state index in [0.29, 0.717) is 6.61 Å². The average molecular weight is 510 g/mol. The number of para-hydroxylation sites is 1. The highest BCUT2D eigenvalue weighted by atomic mass is 127. The highest BCUT2D eigenvalue weighted by Gasteiger charge is 2.23. The molecule has 0 spiro atoms. The topological polar surface area (TPSA) is 55.3 Å². The fourth-order valence-corrected chi connectivity index (χ4v) is 4.76. The first-order chi connectivity index (χ1) is 13.6. The summed E-state index contributed by atoms with van der Waals surface area (Å²) < 4.78 is 8.80. The van der Waals surface area contributed by atoms with E-state index in [1.807, 2.05) is 41.1 Å². The second-order valence-electron chi connectivity index (χ2n) is 6.78. The molecule has 2 N–H and O–H groups in total. The van der Waals surface area contributed by atoms with Crippen LogP contribution in [0.1, 0.15) is 24.4 Å². The molecule has 0 bridgehead atoms. The van der Waals surface area contributed by atoms with Gasteiger partial charge in [0, 0.05) is 47.2 Å². The van der Waals surface area contributed by atoms with Gasteiger partial charge in [0.1, 0.15) is 5.75 Å². The predicted octanol–water partition coefficient (Wildman–Crippen LogP) is 4.31. The number of hydrogen-bond donors (Lipinski definition) is 2. The van der Waals surface area contributed by atoms with Crippen molar-refractivity contribution in [2.45, 2.75) is 18.9 Å². The van der Waals surface area contributed by atoms with E-state index in [1.54, 1.807) is 12.3 Å². The average Bonchev–Trinajstić information content (AvgIpc) is 2.70. The number of hydrogen-bond acceptors (Lipinski definition) is 4. The molecule has 1 unspecified atom stereocenters. The second-order valence-corrected chi connectivity index (χ2v) is 8.38. The quantitative estimate of drug-likeness (QED) is 0.384. The van der Waals surface area contributed by atoms with Crippen molar-refractivity contribution in [2.24, 2.45) is 0 Å². The van der Waals surface area contributed by atoms with E-state index in [0.717, 1.165) is 56.7 Å². The first kappa shape index (κ1) is 19.5. The van der Waals surface area contributed by atoms with Gasteiger partial charge in [-0.15, -0.1) is 0 Å². The van der Waals surface area contributed by atoms with Crippen LogP contribution in [0.25, 0.3) is 10.9 Å². The van der Waals surface area contributed by atoms with Crippen LogP contribution < -0.4 is 20.9 Å². The fraction of sp³-hybridized carbons (Fsp3) is 0.286. The van der Waals surface area contributed by atoms with E-state index >= 15 is 0 Å². The number of pyridine rings is 1. The summed E-state index contributed by atoms with van der Waals surface area (Å²) in [5.74, 6) is 0.951. The first-order valence-electron chi connectivity index (χ1n) is 9.33. The maximum atomic E-state index is 12.0. The molecule has 146 valence electrons. The number of nitrogens with one attached hydrogen (secondary N) is 2. The van der Waals surface area contributed by atoms with E-state index in [-0.39, 0.29) is 11.5 Å². The number of ether oxygens (including phenoxy) is 1. The molecule has 1 aliphatic heterocycles. The zero-order valence-electron chi connectivity index (χ0n) is 15.3. The molecule has 0 radical (unpaired) electrons. The van der Waals surface area contributed by atoms with Crippen LogP contribution in [0.15, 0.2) is 53.5 Å². The monoisotopic (exact) mass is 509 g/mol. The van der Waals surface area contributed by atoms with Crippen LogP contribution in [0.3, 0.4) is 0 Å². The van der Waals surface area contributed by atoms with Crippen molar-refractivity contribution in [1.29, 1.82) is 0 Å². The minimum Gasteiger partial charge on any atom is -0.492 e. The van der Waals surface area contributed by atoms with Crippen LogP contribution in [0.5, 0.6) is 5.75 Å². The van der Waals surface area contributed by atoms with Crippen LogP contribution in [0, 0.1) is 3.57 Å². The zero-order chi connectivity index (χ0) is 19.5. The Bertz CT molecular complexity index is 1050. The van der Waals surface area contributed by atoms with Gasteiger partial charge in [0.2, 0.25) is 0 Å². The molecule has 4 rings (SSSR count). The molecule has 3 aromatic rings. The van der Waals surface area contributed by atoms with E-state index in [9.17, 15) is 4.79 Å². The normalized spacial score (nSPS) is 15.9.